The Hall–Kier alpha value is -0.300. The van der Waals surface area contributed by atoms with Crippen molar-refractivity contribution in [3.63, 3.8) is 0 Å². The largest absolute Gasteiger partial charge is 0.301 e. The zero-order valence-electron chi connectivity index (χ0n) is 10.3. The lowest BCUT2D eigenvalue weighted by Gasteiger charge is -2.29. The molecule has 0 spiro atoms. The molecule has 0 aromatic heterocycles. The molecule has 0 N–H and O–H groups in total. The van der Waals surface area contributed by atoms with Crippen LogP contribution in [0.15, 0.2) is 12.7 Å². The van der Waals surface area contributed by atoms with Crippen LogP contribution in [0.2, 0.25) is 0 Å². The van der Waals surface area contributed by atoms with Crippen molar-refractivity contribution < 1.29 is 0 Å². The summed E-state index contributed by atoms with van der Waals surface area (Å²) in [6.45, 7) is 13.0. The fourth-order valence-electron chi connectivity index (χ4n) is 2.08. The van der Waals surface area contributed by atoms with E-state index in [-0.39, 0.29) is 0 Å². The maximum atomic E-state index is 3.78. The van der Waals surface area contributed by atoms with Gasteiger partial charge >= 0.3 is 0 Å². The molecule has 0 saturated carbocycles. The standard InChI is InChI=1S/C13H27N/c1-5-9-10-12-13(11-6-2)14(7-3)8-4/h5,13H,1,6-12H2,2-4H3. The third-order valence-corrected chi connectivity index (χ3v) is 2.90. The van der Waals surface area contributed by atoms with E-state index in [9.17, 15) is 0 Å². The van der Waals surface area contributed by atoms with Gasteiger partial charge in [-0.2, -0.15) is 0 Å². The Morgan fingerprint density at radius 1 is 1.14 bits per heavy atom. The fraction of sp³-hybridized carbons (Fsp3) is 0.846. The number of nitrogens with zero attached hydrogens (tertiary/aromatic N) is 1. The molecule has 0 aromatic carbocycles. The molecule has 0 aliphatic rings. The average Bonchev–Trinajstić information content (AvgIpc) is 2.20. The number of hydrogen-bond acceptors (Lipinski definition) is 1. The number of allylic oxidation sites excluding steroid dienone is 1. The van der Waals surface area contributed by atoms with Gasteiger partial charge in [-0.1, -0.05) is 33.3 Å². The molecular formula is C13H27N. The van der Waals surface area contributed by atoms with Crippen molar-refractivity contribution in [2.45, 2.75) is 58.9 Å². The molecule has 0 saturated heterocycles. The van der Waals surface area contributed by atoms with Gasteiger partial charge in [-0.05, 0) is 38.8 Å². The predicted octanol–water partition coefficient (Wildman–Crippen LogP) is 3.85. The fourth-order valence-corrected chi connectivity index (χ4v) is 2.08. The molecule has 0 aliphatic heterocycles. The van der Waals surface area contributed by atoms with Gasteiger partial charge in [0.2, 0.25) is 0 Å². The molecule has 0 heterocycles. The monoisotopic (exact) mass is 197 g/mol. The summed E-state index contributed by atoms with van der Waals surface area (Å²) in [6.07, 6.45) is 8.48. The van der Waals surface area contributed by atoms with Crippen molar-refractivity contribution in [3.8, 4) is 0 Å². The Labute approximate surface area is 90.2 Å². The second kappa shape index (κ2) is 9.26. The van der Waals surface area contributed by atoms with Crippen molar-refractivity contribution in [3.05, 3.63) is 12.7 Å². The molecule has 1 nitrogen and oxygen atoms in total. The summed E-state index contributed by atoms with van der Waals surface area (Å²) >= 11 is 0. The molecule has 84 valence electrons. The van der Waals surface area contributed by atoms with Crippen LogP contribution in [0.5, 0.6) is 0 Å². The van der Waals surface area contributed by atoms with Gasteiger partial charge in [0.25, 0.3) is 0 Å². The third-order valence-electron chi connectivity index (χ3n) is 2.90. The van der Waals surface area contributed by atoms with E-state index in [2.05, 4.69) is 32.3 Å². The first-order chi connectivity index (χ1) is 6.79. The van der Waals surface area contributed by atoms with Gasteiger partial charge in [-0.3, -0.25) is 0 Å². The topological polar surface area (TPSA) is 3.24 Å². The summed E-state index contributed by atoms with van der Waals surface area (Å²) in [7, 11) is 0. The van der Waals surface area contributed by atoms with Gasteiger partial charge in [-0.15, -0.1) is 6.58 Å². The van der Waals surface area contributed by atoms with Crippen molar-refractivity contribution in [1.82, 2.24) is 4.90 Å². The number of unbranched alkanes of at least 4 members (excludes halogenated alkanes) is 1. The molecule has 0 bridgehead atoms. The van der Waals surface area contributed by atoms with Gasteiger partial charge in [0, 0.05) is 6.04 Å². The lowest BCUT2D eigenvalue weighted by atomic mass is 10.0. The van der Waals surface area contributed by atoms with E-state index in [1.165, 1.54) is 45.2 Å². The Kier molecular flexibility index (Phi) is 9.06. The van der Waals surface area contributed by atoms with Crippen molar-refractivity contribution in [2.75, 3.05) is 13.1 Å². The van der Waals surface area contributed by atoms with Crippen LogP contribution in [-0.4, -0.2) is 24.0 Å². The summed E-state index contributed by atoms with van der Waals surface area (Å²) in [5.41, 5.74) is 0. The Morgan fingerprint density at radius 2 is 1.79 bits per heavy atom. The van der Waals surface area contributed by atoms with Crippen LogP contribution >= 0.6 is 0 Å². The van der Waals surface area contributed by atoms with E-state index in [0.29, 0.717) is 0 Å². The minimum absolute atomic E-state index is 0.801. The molecule has 1 atom stereocenters. The van der Waals surface area contributed by atoms with Crippen molar-refractivity contribution >= 4 is 0 Å². The highest BCUT2D eigenvalue weighted by Crippen LogP contribution is 2.14. The Morgan fingerprint density at radius 3 is 2.21 bits per heavy atom. The molecule has 0 radical (unpaired) electrons. The predicted molar refractivity (Wildman–Crippen MR) is 65.7 cm³/mol. The lowest BCUT2D eigenvalue weighted by molar-refractivity contribution is 0.192. The molecule has 14 heavy (non-hydrogen) atoms. The highest BCUT2D eigenvalue weighted by Gasteiger charge is 2.13. The molecule has 0 rings (SSSR count). The highest BCUT2D eigenvalue weighted by atomic mass is 15.1. The normalized spacial score (nSPS) is 13.1. The van der Waals surface area contributed by atoms with E-state index >= 15 is 0 Å². The number of rotatable bonds is 9. The van der Waals surface area contributed by atoms with Gasteiger partial charge in [-0.25, -0.2) is 0 Å². The third kappa shape index (κ3) is 5.43. The molecule has 0 fully saturated rings. The highest BCUT2D eigenvalue weighted by molar-refractivity contribution is 4.73. The van der Waals surface area contributed by atoms with Gasteiger partial charge in [0.05, 0.1) is 0 Å². The maximum Gasteiger partial charge on any atom is 0.00950 e. The zero-order chi connectivity index (χ0) is 10.8. The van der Waals surface area contributed by atoms with Crippen LogP contribution in [0.4, 0.5) is 0 Å². The first-order valence-corrected chi connectivity index (χ1v) is 6.14. The lowest BCUT2D eigenvalue weighted by Crippen LogP contribution is -2.34. The first-order valence-electron chi connectivity index (χ1n) is 6.14. The molecule has 0 aromatic rings. The van der Waals surface area contributed by atoms with Crippen molar-refractivity contribution in [1.29, 1.82) is 0 Å². The van der Waals surface area contributed by atoms with Crippen LogP contribution in [0.3, 0.4) is 0 Å². The van der Waals surface area contributed by atoms with Crippen LogP contribution in [0.1, 0.15) is 52.9 Å². The Bertz CT molecular complexity index is 127. The molecular weight excluding hydrogens is 170 g/mol. The summed E-state index contributed by atoms with van der Waals surface area (Å²) in [6, 6.07) is 0.801. The second-order valence-electron chi connectivity index (χ2n) is 3.88. The van der Waals surface area contributed by atoms with E-state index in [1.807, 2.05) is 6.08 Å². The van der Waals surface area contributed by atoms with Crippen LogP contribution in [0.25, 0.3) is 0 Å². The van der Waals surface area contributed by atoms with Gasteiger partial charge in [0.15, 0.2) is 0 Å². The SMILES string of the molecule is C=CCCCC(CCC)N(CC)CC. The van der Waals surface area contributed by atoms with Crippen LogP contribution < -0.4 is 0 Å². The smallest absolute Gasteiger partial charge is 0.00950 e. The van der Waals surface area contributed by atoms with Crippen molar-refractivity contribution in [2.24, 2.45) is 0 Å². The maximum absolute atomic E-state index is 3.78. The second-order valence-corrected chi connectivity index (χ2v) is 3.88. The Balaban J connectivity index is 3.90. The van der Waals surface area contributed by atoms with Gasteiger partial charge in [0.1, 0.15) is 0 Å². The van der Waals surface area contributed by atoms with E-state index in [4.69, 9.17) is 0 Å². The van der Waals surface area contributed by atoms with Crippen LogP contribution in [0, 0.1) is 0 Å². The molecule has 0 aliphatic carbocycles. The zero-order valence-corrected chi connectivity index (χ0v) is 10.3. The molecule has 1 heteroatoms. The van der Waals surface area contributed by atoms with Gasteiger partial charge < -0.3 is 4.90 Å². The van der Waals surface area contributed by atoms with E-state index < -0.39 is 0 Å². The van der Waals surface area contributed by atoms with Crippen LogP contribution in [-0.2, 0) is 0 Å². The molecule has 1 unspecified atom stereocenters. The number of hydrogen-bond donors (Lipinski definition) is 0. The first kappa shape index (κ1) is 13.7. The van der Waals surface area contributed by atoms with E-state index in [0.717, 1.165) is 6.04 Å². The minimum Gasteiger partial charge on any atom is -0.301 e. The van der Waals surface area contributed by atoms with E-state index in [1.54, 1.807) is 0 Å². The summed E-state index contributed by atoms with van der Waals surface area (Å²) in [5.74, 6) is 0. The summed E-state index contributed by atoms with van der Waals surface area (Å²) < 4.78 is 0. The quantitative estimate of drug-likeness (QED) is 0.401. The minimum atomic E-state index is 0.801. The average molecular weight is 197 g/mol. The summed E-state index contributed by atoms with van der Waals surface area (Å²) in [5, 5.41) is 0. The molecule has 0 amide bonds. The summed E-state index contributed by atoms with van der Waals surface area (Å²) in [4.78, 5) is 2.59.